The fourth-order valence-corrected chi connectivity index (χ4v) is 3.53. The molecule has 2 aliphatic heterocycles. The zero-order chi connectivity index (χ0) is 17.4. The molecule has 0 spiro atoms. The van der Waals surface area contributed by atoms with E-state index in [-0.39, 0.29) is 11.8 Å². The number of ether oxygens (including phenoxy) is 3. The molecule has 6 heteroatoms. The third kappa shape index (κ3) is 3.00. The highest BCUT2D eigenvalue weighted by Gasteiger charge is 2.31. The zero-order valence-corrected chi connectivity index (χ0v) is 14.6. The molecule has 0 saturated heterocycles. The van der Waals surface area contributed by atoms with E-state index >= 15 is 0 Å². The third-order valence-electron chi connectivity index (χ3n) is 4.40. The molecule has 0 radical (unpaired) electrons. The SMILES string of the molecule is CCOc1ccc(Cl)cc1[C@H]1CC(=O)Nc2cc3c(cc21)OCCO3. The molecule has 0 aromatic heterocycles. The Morgan fingerprint density at radius 1 is 1.16 bits per heavy atom. The maximum Gasteiger partial charge on any atom is 0.225 e. The predicted molar refractivity (Wildman–Crippen MR) is 95.1 cm³/mol. The minimum absolute atomic E-state index is 0.0448. The Balaban J connectivity index is 1.85. The highest BCUT2D eigenvalue weighted by molar-refractivity contribution is 6.30. The smallest absolute Gasteiger partial charge is 0.225 e. The Bertz CT molecular complexity index is 836. The topological polar surface area (TPSA) is 56.8 Å². The number of anilines is 1. The van der Waals surface area contributed by atoms with Crippen molar-refractivity contribution in [3.05, 3.63) is 46.5 Å². The van der Waals surface area contributed by atoms with Gasteiger partial charge in [-0.3, -0.25) is 4.79 Å². The molecule has 130 valence electrons. The van der Waals surface area contributed by atoms with Crippen molar-refractivity contribution in [1.29, 1.82) is 0 Å². The molecule has 4 rings (SSSR count). The second-order valence-electron chi connectivity index (χ2n) is 6.00. The number of halogens is 1. The van der Waals surface area contributed by atoms with Gasteiger partial charge in [0.15, 0.2) is 11.5 Å². The van der Waals surface area contributed by atoms with Crippen molar-refractivity contribution in [2.45, 2.75) is 19.3 Å². The predicted octanol–water partition coefficient (Wildman–Crippen LogP) is 3.98. The molecule has 0 unspecified atom stereocenters. The first kappa shape index (κ1) is 16.1. The Kier molecular flexibility index (Phi) is 4.17. The van der Waals surface area contributed by atoms with Gasteiger partial charge in [0.1, 0.15) is 19.0 Å². The van der Waals surface area contributed by atoms with E-state index in [1.165, 1.54) is 0 Å². The van der Waals surface area contributed by atoms with Gasteiger partial charge in [0.25, 0.3) is 0 Å². The first-order valence-corrected chi connectivity index (χ1v) is 8.69. The van der Waals surface area contributed by atoms with Crippen molar-refractivity contribution >= 4 is 23.2 Å². The van der Waals surface area contributed by atoms with Crippen LogP contribution in [0.25, 0.3) is 0 Å². The van der Waals surface area contributed by atoms with Crippen LogP contribution in [0.1, 0.15) is 30.4 Å². The number of hydrogen-bond donors (Lipinski definition) is 1. The van der Waals surface area contributed by atoms with Crippen molar-refractivity contribution in [1.82, 2.24) is 0 Å². The molecule has 0 aliphatic carbocycles. The Morgan fingerprint density at radius 3 is 2.68 bits per heavy atom. The van der Waals surface area contributed by atoms with Crippen LogP contribution in [-0.4, -0.2) is 25.7 Å². The van der Waals surface area contributed by atoms with Crippen LogP contribution in [-0.2, 0) is 4.79 Å². The van der Waals surface area contributed by atoms with Gasteiger partial charge in [-0.15, -0.1) is 0 Å². The first-order chi connectivity index (χ1) is 12.2. The van der Waals surface area contributed by atoms with Crippen molar-refractivity contribution in [3.8, 4) is 17.2 Å². The number of benzene rings is 2. The lowest BCUT2D eigenvalue weighted by molar-refractivity contribution is -0.116. The van der Waals surface area contributed by atoms with Gasteiger partial charge in [-0.25, -0.2) is 0 Å². The van der Waals surface area contributed by atoms with Crippen LogP contribution < -0.4 is 19.5 Å². The van der Waals surface area contributed by atoms with Gasteiger partial charge in [0.2, 0.25) is 5.91 Å². The number of carbonyl (C=O) groups is 1. The summed E-state index contributed by atoms with van der Waals surface area (Å²) in [6.45, 7) is 3.50. The minimum Gasteiger partial charge on any atom is -0.494 e. The lowest BCUT2D eigenvalue weighted by Gasteiger charge is -2.29. The second kappa shape index (κ2) is 6.48. The fraction of sp³-hybridized carbons (Fsp3) is 0.316. The standard InChI is InChI=1S/C19H18ClNO4/c1-2-23-16-4-3-11(20)7-14(16)12-9-19(22)21-15-10-18-17(8-13(12)15)24-5-6-25-18/h3-4,7-8,10,12H,2,5-6,9H2,1H3,(H,21,22)/t12-/m0/s1. The third-order valence-corrected chi connectivity index (χ3v) is 4.64. The second-order valence-corrected chi connectivity index (χ2v) is 6.44. The molecule has 0 bridgehead atoms. The van der Waals surface area contributed by atoms with Crippen LogP contribution >= 0.6 is 11.6 Å². The highest BCUT2D eigenvalue weighted by Crippen LogP contribution is 2.46. The summed E-state index contributed by atoms with van der Waals surface area (Å²) in [5.74, 6) is 1.90. The number of hydrogen-bond acceptors (Lipinski definition) is 4. The summed E-state index contributed by atoms with van der Waals surface area (Å²) in [4.78, 5) is 12.3. The molecule has 25 heavy (non-hydrogen) atoms. The van der Waals surface area contributed by atoms with Crippen molar-refractivity contribution in [2.24, 2.45) is 0 Å². The maximum atomic E-state index is 12.3. The Labute approximate surface area is 150 Å². The van der Waals surface area contributed by atoms with E-state index < -0.39 is 0 Å². The average Bonchev–Trinajstić information content (AvgIpc) is 2.61. The molecule has 1 atom stereocenters. The molecular formula is C19H18ClNO4. The van der Waals surface area contributed by atoms with Crippen molar-refractivity contribution < 1.29 is 19.0 Å². The monoisotopic (exact) mass is 359 g/mol. The number of rotatable bonds is 3. The largest absolute Gasteiger partial charge is 0.494 e. The molecule has 2 aromatic rings. The van der Waals surface area contributed by atoms with Crippen LogP contribution in [0, 0.1) is 0 Å². The van der Waals surface area contributed by atoms with Crippen molar-refractivity contribution in [3.63, 3.8) is 0 Å². The Morgan fingerprint density at radius 2 is 1.92 bits per heavy atom. The van der Waals surface area contributed by atoms with E-state index in [0.717, 1.165) is 22.6 Å². The molecule has 1 amide bonds. The molecule has 2 heterocycles. The number of fused-ring (bicyclic) bond motifs is 2. The summed E-state index contributed by atoms with van der Waals surface area (Å²) in [5, 5.41) is 3.54. The van der Waals surface area contributed by atoms with E-state index in [1.807, 2.05) is 31.2 Å². The van der Waals surface area contributed by atoms with E-state index in [2.05, 4.69) is 5.32 Å². The van der Waals surface area contributed by atoms with E-state index in [0.29, 0.717) is 42.8 Å². The van der Waals surface area contributed by atoms with Gasteiger partial charge in [0, 0.05) is 34.7 Å². The quantitative estimate of drug-likeness (QED) is 0.900. The lowest BCUT2D eigenvalue weighted by Crippen LogP contribution is -2.25. The van der Waals surface area contributed by atoms with Gasteiger partial charge in [0.05, 0.1) is 6.61 Å². The molecule has 1 N–H and O–H groups in total. The summed E-state index contributed by atoms with van der Waals surface area (Å²) in [5.41, 5.74) is 2.63. The summed E-state index contributed by atoms with van der Waals surface area (Å²) in [7, 11) is 0. The van der Waals surface area contributed by atoms with Gasteiger partial charge in [-0.05, 0) is 36.8 Å². The van der Waals surface area contributed by atoms with E-state index in [9.17, 15) is 4.79 Å². The molecule has 5 nitrogen and oxygen atoms in total. The lowest BCUT2D eigenvalue weighted by atomic mass is 9.84. The van der Waals surface area contributed by atoms with Gasteiger partial charge in [-0.2, -0.15) is 0 Å². The van der Waals surface area contributed by atoms with Crippen LogP contribution in [0.2, 0.25) is 5.02 Å². The molecule has 2 aliphatic rings. The highest BCUT2D eigenvalue weighted by atomic mass is 35.5. The fourth-order valence-electron chi connectivity index (χ4n) is 3.35. The van der Waals surface area contributed by atoms with E-state index in [1.54, 1.807) is 6.07 Å². The molecule has 2 aromatic carbocycles. The number of nitrogens with one attached hydrogen (secondary N) is 1. The van der Waals surface area contributed by atoms with Crippen LogP contribution in [0.5, 0.6) is 17.2 Å². The summed E-state index contributed by atoms with van der Waals surface area (Å²) >= 11 is 6.21. The van der Waals surface area contributed by atoms with Crippen LogP contribution in [0.15, 0.2) is 30.3 Å². The normalized spacial score (nSPS) is 18.3. The first-order valence-electron chi connectivity index (χ1n) is 8.31. The van der Waals surface area contributed by atoms with Gasteiger partial charge >= 0.3 is 0 Å². The van der Waals surface area contributed by atoms with Crippen LogP contribution in [0.4, 0.5) is 5.69 Å². The minimum atomic E-state index is -0.153. The maximum absolute atomic E-state index is 12.3. The summed E-state index contributed by atoms with van der Waals surface area (Å²) < 4.78 is 17.1. The molecule has 0 fully saturated rings. The number of amides is 1. The summed E-state index contributed by atoms with van der Waals surface area (Å²) in [6, 6.07) is 9.30. The molecular weight excluding hydrogens is 342 g/mol. The molecule has 0 saturated carbocycles. The summed E-state index contributed by atoms with van der Waals surface area (Å²) in [6.07, 6.45) is 0.326. The number of carbonyl (C=O) groups excluding carboxylic acids is 1. The van der Waals surface area contributed by atoms with Crippen molar-refractivity contribution in [2.75, 3.05) is 25.1 Å². The Hall–Kier alpha value is -2.40. The zero-order valence-electron chi connectivity index (χ0n) is 13.8. The van der Waals surface area contributed by atoms with Crippen LogP contribution in [0.3, 0.4) is 0 Å². The van der Waals surface area contributed by atoms with E-state index in [4.69, 9.17) is 25.8 Å². The average molecular weight is 360 g/mol. The van der Waals surface area contributed by atoms with Gasteiger partial charge < -0.3 is 19.5 Å². The van der Waals surface area contributed by atoms with Gasteiger partial charge in [-0.1, -0.05) is 11.6 Å².